The van der Waals surface area contributed by atoms with Crippen molar-refractivity contribution < 1.29 is 0 Å². The lowest BCUT2D eigenvalue weighted by atomic mass is 9.83. The Morgan fingerprint density at radius 2 is 2.08 bits per heavy atom. The Hall–Kier alpha value is -0.0400. The van der Waals surface area contributed by atoms with E-state index in [1.807, 2.05) is 0 Å². The van der Waals surface area contributed by atoms with E-state index in [4.69, 9.17) is 0 Å². The summed E-state index contributed by atoms with van der Waals surface area (Å²) in [5, 5.41) is 0. The van der Waals surface area contributed by atoms with Gasteiger partial charge in [0.25, 0.3) is 0 Å². The largest absolute Gasteiger partial charge is 0.301 e. The summed E-state index contributed by atoms with van der Waals surface area (Å²) in [6, 6.07) is 0.816. The molecule has 1 fully saturated rings. The molecule has 12 heavy (non-hydrogen) atoms. The average Bonchev–Trinajstić information content (AvgIpc) is 2.04. The maximum Gasteiger partial charge on any atom is 0.00695 e. The normalized spacial score (nSPS) is 32.8. The van der Waals surface area contributed by atoms with E-state index in [9.17, 15) is 0 Å². The molecule has 0 amide bonds. The van der Waals surface area contributed by atoms with Gasteiger partial charge in [-0.1, -0.05) is 20.8 Å². The zero-order chi connectivity index (χ0) is 9.14. The average molecular weight is 169 g/mol. The number of piperidine rings is 1. The van der Waals surface area contributed by atoms with Crippen LogP contribution in [0.25, 0.3) is 0 Å². The Balaban J connectivity index is 2.40. The summed E-state index contributed by atoms with van der Waals surface area (Å²) in [5.41, 5.74) is 0. The first kappa shape index (κ1) is 10.0. The molecule has 1 rings (SSSR count). The van der Waals surface area contributed by atoms with Crippen molar-refractivity contribution in [2.75, 3.05) is 13.1 Å². The van der Waals surface area contributed by atoms with Crippen molar-refractivity contribution in [2.24, 2.45) is 11.8 Å². The van der Waals surface area contributed by atoms with Crippen LogP contribution in [0.3, 0.4) is 0 Å². The second-order valence-electron chi connectivity index (χ2n) is 4.51. The van der Waals surface area contributed by atoms with Gasteiger partial charge >= 0.3 is 0 Å². The van der Waals surface area contributed by atoms with Gasteiger partial charge in [-0.2, -0.15) is 0 Å². The SMILES string of the molecule is CCN1CCC(C(C)C)CC1C. The van der Waals surface area contributed by atoms with Crippen LogP contribution in [0.15, 0.2) is 0 Å². The highest BCUT2D eigenvalue weighted by atomic mass is 15.1. The molecule has 2 unspecified atom stereocenters. The van der Waals surface area contributed by atoms with Crippen LogP contribution in [-0.4, -0.2) is 24.0 Å². The fourth-order valence-electron chi connectivity index (χ4n) is 2.33. The molecule has 0 aromatic heterocycles. The van der Waals surface area contributed by atoms with Crippen molar-refractivity contribution in [1.29, 1.82) is 0 Å². The van der Waals surface area contributed by atoms with E-state index in [-0.39, 0.29) is 0 Å². The minimum absolute atomic E-state index is 0.816. The van der Waals surface area contributed by atoms with E-state index in [0.29, 0.717) is 0 Å². The molecule has 1 aliphatic rings. The molecule has 1 saturated heterocycles. The maximum atomic E-state index is 2.60. The first-order chi connectivity index (χ1) is 5.65. The van der Waals surface area contributed by atoms with Crippen LogP contribution < -0.4 is 0 Å². The molecule has 0 bridgehead atoms. The van der Waals surface area contributed by atoms with Gasteiger partial charge in [0.15, 0.2) is 0 Å². The van der Waals surface area contributed by atoms with Gasteiger partial charge in [0.2, 0.25) is 0 Å². The summed E-state index contributed by atoms with van der Waals surface area (Å²) in [4.78, 5) is 2.60. The highest BCUT2D eigenvalue weighted by molar-refractivity contribution is 4.79. The molecule has 1 nitrogen and oxygen atoms in total. The molecule has 1 heteroatoms. The quantitative estimate of drug-likeness (QED) is 0.614. The molecule has 0 aliphatic carbocycles. The number of likely N-dealkylation sites (tertiary alicyclic amines) is 1. The minimum atomic E-state index is 0.816. The maximum absolute atomic E-state index is 2.60. The Morgan fingerprint density at radius 3 is 2.50 bits per heavy atom. The molecule has 0 aromatic rings. The number of rotatable bonds is 2. The molecule has 1 aliphatic heterocycles. The van der Waals surface area contributed by atoms with E-state index < -0.39 is 0 Å². The van der Waals surface area contributed by atoms with Crippen molar-refractivity contribution >= 4 is 0 Å². The fraction of sp³-hybridized carbons (Fsp3) is 1.00. The second kappa shape index (κ2) is 4.27. The van der Waals surface area contributed by atoms with Crippen LogP contribution in [-0.2, 0) is 0 Å². The first-order valence-electron chi connectivity index (χ1n) is 5.39. The van der Waals surface area contributed by atoms with Crippen LogP contribution in [0.5, 0.6) is 0 Å². The summed E-state index contributed by atoms with van der Waals surface area (Å²) >= 11 is 0. The van der Waals surface area contributed by atoms with E-state index in [1.54, 1.807) is 0 Å². The molecule has 0 saturated carbocycles. The summed E-state index contributed by atoms with van der Waals surface area (Å²) in [5.74, 6) is 1.86. The van der Waals surface area contributed by atoms with Gasteiger partial charge in [-0.15, -0.1) is 0 Å². The van der Waals surface area contributed by atoms with Crippen LogP contribution in [0.4, 0.5) is 0 Å². The summed E-state index contributed by atoms with van der Waals surface area (Å²) in [7, 11) is 0. The van der Waals surface area contributed by atoms with E-state index >= 15 is 0 Å². The summed E-state index contributed by atoms with van der Waals surface area (Å²) in [6.07, 6.45) is 2.82. The van der Waals surface area contributed by atoms with Crippen LogP contribution in [0.2, 0.25) is 0 Å². The zero-order valence-electron chi connectivity index (χ0n) is 9.01. The van der Waals surface area contributed by atoms with Gasteiger partial charge in [0.1, 0.15) is 0 Å². The predicted molar refractivity (Wildman–Crippen MR) is 54.3 cm³/mol. The van der Waals surface area contributed by atoms with Gasteiger partial charge in [-0.3, -0.25) is 0 Å². The third-order valence-corrected chi connectivity index (χ3v) is 3.40. The summed E-state index contributed by atoms with van der Waals surface area (Å²) in [6.45, 7) is 11.9. The van der Waals surface area contributed by atoms with Gasteiger partial charge in [-0.25, -0.2) is 0 Å². The van der Waals surface area contributed by atoms with Crippen molar-refractivity contribution in [3.8, 4) is 0 Å². The minimum Gasteiger partial charge on any atom is -0.301 e. The van der Waals surface area contributed by atoms with Crippen molar-refractivity contribution in [1.82, 2.24) is 4.90 Å². The van der Waals surface area contributed by atoms with Crippen molar-refractivity contribution in [3.05, 3.63) is 0 Å². The van der Waals surface area contributed by atoms with Crippen LogP contribution in [0, 0.1) is 11.8 Å². The smallest absolute Gasteiger partial charge is 0.00695 e. The number of hydrogen-bond donors (Lipinski definition) is 0. The molecule has 2 atom stereocenters. The molecule has 72 valence electrons. The molecular weight excluding hydrogens is 146 g/mol. The lowest BCUT2D eigenvalue weighted by Gasteiger charge is -2.38. The van der Waals surface area contributed by atoms with E-state index in [2.05, 4.69) is 32.6 Å². The lowest BCUT2D eigenvalue weighted by molar-refractivity contribution is 0.109. The Bertz CT molecular complexity index is 131. The highest BCUT2D eigenvalue weighted by Crippen LogP contribution is 2.27. The van der Waals surface area contributed by atoms with Crippen molar-refractivity contribution in [3.63, 3.8) is 0 Å². The number of hydrogen-bond acceptors (Lipinski definition) is 1. The second-order valence-corrected chi connectivity index (χ2v) is 4.51. The molecule has 0 radical (unpaired) electrons. The monoisotopic (exact) mass is 169 g/mol. The number of nitrogens with zero attached hydrogens (tertiary/aromatic N) is 1. The molecule has 0 spiro atoms. The first-order valence-corrected chi connectivity index (χ1v) is 5.39. The Kier molecular flexibility index (Phi) is 3.57. The Labute approximate surface area is 77.1 Å². The Morgan fingerprint density at radius 1 is 1.42 bits per heavy atom. The van der Waals surface area contributed by atoms with E-state index in [1.165, 1.54) is 25.9 Å². The molecule has 1 heterocycles. The van der Waals surface area contributed by atoms with Crippen LogP contribution >= 0.6 is 0 Å². The lowest BCUT2D eigenvalue weighted by Crippen LogP contribution is -2.41. The predicted octanol–water partition coefficient (Wildman–Crippen LogP) is 2.76. The van der Waals surface area contributed by atoms with Gasteiger partial charge in [0.05, 0.1) is 0 Å². The highest BCUT2D eigenvalue weighted by Gasteiger charge is 2.25. The summed E-state index contributed by atoms with van der Waals surface area (Å²) < 4.78 is 0. The topological polar surface area (TPSA) is 3.24 Å². The van der Waals surface area contributed by atoms with Gasteiger partial charge in [0, 0.05) is 6.04 Å². The van der Waals surface area contributed by atoms with Gasteiger partial charge < -0.3 is 4.90 Å². The standard InChI is InChI=1S/C11H23N/c1-5-12-7-6-11(9(2)3)8-10(12)4/h9-11H,5-8H2,1-4H3. The zero-order valence-corrected chi connectivity index (χ0v) is 9.01. The molecular formula is C11H23N. The van der Waals surface area contributed by atoms with Crippen molar-refractivity contribution in [2.45, 2.75) is 46.6 Å². The third kappa shape index (κ3) is 2.22. The molecule has 0 aromatic carbocycles. The molecule has 0 N–H and O–H groups in total. The van der Waals surface area contributed by atoms with Gasteiger partial charge in [-0.05, 0) is 44.7 Å². The van der Waals surface area contributed by atoms with Crippen LogP contribution in [0.1, 0.15) is 40.5 Å². The van der Waals surface area contributed by atoms with E-state index in [0.717, 1.165) is 17.9 Å². The third-order valence-electron chi connectivity index (χ3n) is 3.40. The fourth-order valence-corrected chi connectivity index (χ4v) is 2.33.